The third-order valence-electron chi connectivity index (χ3n) is 0.957. The van der Waals surface area contributed by atoms with Gasteiger partial charge < -0.3 is 10.1 Å². The van der Waals surface area contributed by atoms with E-state index in [4.69, 9.17) is 4.79 Å². The monoisotopic (exact) mass is 245 g/mol. The van der Waals surface area contributed by atoms with E-state index in [1.165, 1.54) is 32.9 Å². The van der Waals surface area contributed by atoms with Gasteiger partial charge in [-0.25, -0.2) is 0 Å². The molecule has 2 nitrogen and oxygen atoms in total. The topological polar surface area (TPSA) is 29.1 Å². The third kappa shape index (κ3) is 11.8. The molecule has 0 unspecified atom stereocenters. The summed E-state index contributed by atoms with van der Waals surface area (Å²) in [5.41, 5.74) is 0. The predicted molar refractivity (Wildman–Crippen MR) is 51.4 cm³/mol. The van der Waals surface area contributed by atoms with Gasteiger partial charge in [-0.1, -0.05) is 0 Å². The van der Waals surface area contributed by atoms with Crippen LogP contribution in [0.4, 0.5) is 0 Å². The summed E-state index contributed by atoms with van der Waals surface area (Å²) in [6.07, 6.45) is 3.53. The molecule has 0 atom stereocenters. The minimum Gasteiger partial charge on any atom is -0.317 e. The highest BCUT2D eigenvalue weighted by Gasteiger charge is 1.93. The van der Waals surface area contributed by atoms with Gasteiger partial charge in [0.05, 0.1) is 0 Å². The molecule has 0 aromatic rings. The van der Waals surface area contributed by atoms with Crippen LogP contribution in [0.25, 0.3) is 0 Å². The van der Waals surface area contributed by atoms with Crippen LogP contribution in [-0.4, -0.2) is 19.4 Å². The van der Waals surface area contributed by atoms with Crippen LogP contribution in [0, 0.1) is 0 Å². The molecule has 0 saturated carbocycles. The first-order valence-electron chi connectivity index (χ1n) is 3.02. The average molecular weight is 245 g/mol. The Morgan fingerprint density at radius 2 is 1.78 bits per heavy atom. The number of rotatable bonds is 0. The summed E-state index contributed by atoms with van der Waals surface area (Å²) in [5, 5.41) is 3.22. The highest BCUT2D eigenvalue weighted by atomic mass is 127. The molecule has 0 spiro atoms. The summed E-state index contributed by atoms with van der Waals surface area (Å²) in [5.74, 6) is 0. The minimum absolute atomic E-state index is 0. The second kappa shape index (κ2) is 11.2. The van der Waals surface area contributed by atoms with Crippen LogP contribution in [0.5, 0.6) is 0 Å². The maximum absolute atomic E-state index is 8.81. The zero-order valence-electron chi connectivity index (χ0n) is 5.72. The van der Waals surface area contributed by atoms with Crippen molar-refractivity contribution in [3.8, 4) is 0 Å². The molecular weight excluding hydrogens is 229 g/mol. The molecule has 0 aliphatic carbocycles. The van der Waals surface area contributed by atoms with Gasteiger partial charge in [0, 0.05) is 1.43 Å². The van der Waals surface area contributed by atoms with E-state index in [0.29, 0.717) is 0 Å². The summed E-state index contributed by atoms with van der Waals surface area (Å²) in [4.78, 5) is 8.81. The highest BCUT2D eigenvalue weighted by Crippen LogP contribution is 1.90. The van der Waals surface area contributed by atoms with Crippen LogP contribution in [0.2, 0.25) is 0 Å². The van der Waals surface area contributed by atoms with Crippen molar-refractivity contribution in [3.63, 3.8) is 0 Å². The largest absolute Gasteiger partial charge is 0.317 e. The standard InChI is InChI=1S/C4H9N.C2H4O.HI.H2/c1-2-4-5-3-1;1-2-3;;/h5H,1-4H2;2H,1H3;2*1H. The van der Waals surface area contributed by atoms with Gasteiger partial charge in [-0.15, -0.1) is 24.0 Å². The molecule has 1 rings (SSSR count). The normalized spacial score (nSPS) is 14.8. The quantitative estimate of drug-likeness (QED) is 0.516. The van der Waals surface area contributed by atoms with Crippen LogP contribution in [0.1, 0.15) is 21.2 Å². The summed E-state index contributed by atoms with van der Waals surface area (Å²) >= 11 is 0. The second-order valence-corrected chi connectivity index (χ2v) is 1.69. The Kier molecular flexibility index (Phi) is 15.0. The van der Waals surface area contributed by atoms with E-state index in [2.05, 4.69) is 5.32 Å². The van der Waals surface area contributed by atoms with Crippen molar-refractivity contribution in [1.29, 1.82) is 0 Å². The smallest absolute Gasteiger partial charge is 0.116 e. The van der Waals surface area contributed by atoms with Crippen molar-refractivity contribution in [1.82, 2.24) is 5.32 Å². The fourth-order valence-electron chi connectivity index (χ4n) is 0.625. The van der Waals surface area contributed by atoms with Gasteiger partial charge in [-0.2, -0.15) is 0 Å². The fourth-order valence-corrected chi connectivity index (χ4v) is 0.625. The fraction of sp³-hybridized carbons (Fsp3) is 0.833. The zero-order chi connectivity index (χ0) is 6.24. The molecule has 0 aromatic carbocycles. The predicted octanol–water partition coefficient (Wildman–Crippen LogP) is 1.44. The molecular formula is C6H16INO. The van der Waals surface area contributed by atoms with Crippen LogP contribution in [0.15, 0.2) is 0 Å². The molecule has 0 aromatic heterocycles. The SMILES string of the molecule is C1CCNC1.CC=O.I.[HH]. The number of hydrogen-bond acceptors (Lipinski definition) is 2. The van der Waals surface area contributed by atoms with Crippen LogP contribution < -0.4 is 5.32 Å². The van der Waals surface area contributed by atoms with E-state index in [1.807, 2.05) is 0 Å². The lowest BCUT2D eigenvalue weighted by atomic mass is 10.4. The Morgan fingerprint density at radius 3 is 1.89 bits per heavy atom. The molecule has 0 bridgehead atoms. The van der Waals surface area contributed by atoms with Crippen molar-refractivity contribution >= 4 is 30.3 Å². The molecule has 1 aliphatic rings. The van der Waals surface area contributed by atoms with Crippen molar-refractivity contribution in [2.75, 3.05) is 13.1 Å². The van der Waals surface area contributed by atoms with Gasteiger partial charge in [-0.05, 0) is 32.9 Å². The van der Waals surface area contributed by atoms with Crippen molar-refractivity contribution in [2.45, 2.75) is 19.8 Å². The molecule has 0 radical (unpaired) electrons. The molecule has 0 amide bonds. The molecule has 9 heavy (non-hydrogen) atoms. The maximum Gasteiger partial charge on any atom is 0.116 e. The van der Waals surface area contributed by atoms with Gasteiger partial charge in [-0.3, -0.25) is 0 Å². The van der Waals surface area contributed by atoms with Crippen LogP contribution >= 0.6 is 24.0 Å². The van der Waals surface area contributed by atoms with E-state index < -0.39 is 0 Å². The lowest BCUT2D eigenvalue weighted by Gasteiger charge is -1.76. The molecule has 1 saturated heterocycles. The molecule has 1 N–H and O–H groups in total. The molecule has 1 heterocycles. The summed E-state index contributed by atoms with van der Waals surface area (Å²) in [6, 6.07) is 0. The molecule has 58 valence electrons. The Bertz CT molecular complexity index is 52.1. The number of carbonyl (C=O) groups is 1. The maximum atomic E-state index is 8.81. The summed E-state index contributed by atoms with van der Waals surface area (Å²) in [7, 11) is 0. The van der Waals surface area contributed by atoms with Crippen molar-refractivity contribution < 1.29 is 6.22 Å². The Hall–Kier alpha value is 0.360. The number of hydrogen-bond donors (Lipinski definition) is 1. The van der Waals surface area contributed by atoms with Crippen molar-refractivity contribution in [3.05, 3.63) is 0 Å². The molecule has 1 fully saturated rings. The van der Waals surface area contributed by atoms with Gasteiger partial charge in [0.1, 0.15) is 6.29 Å². The summed E-state index contributed by atoms with van der Waals surface area (Å²) in [6.45, 7) is 3.94. The lowest BCUT2D eigenvalue weighted by Crippen LogP contribution is -2.03. The molecule has 1 aliphatic heterocycles. The van der Waals surface area contributed by atoms with E-state index >= 15 is 0 Å². The number of nitrogens with one attached hydrogen (secondary N) is 1. The van der Waals surface area contributed by atoms with Gasteiger partial charge in [0.25, 0.3) is 0 Å². The Balaban J connectivity index is -0.0000000900. The highest BCUT2D eigenvalue weighted by molar-refractivity contribution is 14.0. The van der Waals surface area contributed by atoms with E-state index in [1.54, 1.807) is 0 Å². The van der Waals surface area contributed by atoms with Crippen LogP contribution in [-0.2, 0) is 4.79 Å². The lowest BCUT2D eigenvalue weighted by molar-refractivity contribution is -0.106. The number of halogens is 1. The first kappa shape index (κ1) is 12.1. The minimum atomic E-state index is 0. The second-order valence-electron chi connectivity index (χ2n) is 1.69. The number of carbonyl (C=O) groups excluding carboxylic acids is 1. The van der Waals surface area contributed by atoms with E-state index in [0.717, 1.165) is 6.29 Å². The summed E-state index contributed by atoms with van der Waals surface area (Å²) < 4.78 is 0. The van der Waals surface area contributed by atoms with Gasteiger partial charge >= 0.3 is 0 Å². The van der Waals surface area contributed by atoms with Gasteiger partial charge in [0.2, 0.25) is 0 Å². The molecule has 3 heteroatoms. The Labute approximate surface area is 74.9 Å². The van der Waals surface area contributed by atoms with Crippen LogP contribution in [0.3, 0.4) is 0 Å². The van der Waals surface area contributed by atoms with E-state index in [-0.39, 0.29) is 25.4 Å². The van der Waals surface area contributed by atoms with Gasteiger partial charge in [0.15, 0.2) is 0 Å². The average Bonchev–Trinajstić information content (AvgIpc) is 2.17. The first-order chi connectivity index (χ1) is 3.91. The Morgan fingerprint density at radius 1 is 1.44 bits per heavy atom. The zero-order valence-corrected chi connectivity index (χ0v) is 8.05. The third-order valence-corrected chi connectivity index (χ3v) is 0.957. The van der Waals surface area contributed by atoms with E-state index in [9.17, 15) is 0 Å². The first-order valence-corrected chi connectivity index (χ1v) is 3.02. The van der Waals surface area contributed by atoms with Crippen molar-refractivity contribution in [2.24, 2.45) is 0 Å². The number of aldehydes is 1.